The zero-order chi connectivity index (χ0) is 9.03. The zero-order valence-electron chi connectivity index (χ0n) is 7.75. The highest BCUT2D eigenvalue weighted by Gasteiger charge is 2.10. The van der Waals surface area contributed by atoms with Gasteiger partial charge < -0.3 is 5.73 Å². The maximum absolute atomic E-state index is 5.86. The molecule has 0 amide bonds. The SMILES string of the molecule is CC(C)(N)CCc1ccccn1. The maximum Gasteiger partial charge on any atom is 0.0404 e. The van der Waals surface area contributed by atoms with Gasteiger partial charge in [-0.2, -0.15) is 0 Å². The number of hydrogen-bond donors (Lipinski definition) is 1. The van der Waals surface area contributed by atoms with E-state index in [0.29, 0.717) is 0 Å². The molecule has 0 saturated carbocycles. The molecule has 0 spiro atoms. The van der Waals surface area contributed by atoms with E-state index in [1.165, 1.54) is 0 Å². The lowest BCUT2D eigenvalue weighted by Crippen LogP contribution is -2.32. The molecule has 0 unspecified atom stereocenters. The van der Waals surface area contributed by atoms with Crippen LogP contribution in [0.3, 0.4) is 0 Å². The molecule has 1 rings (SSSR count). The first kappa shape index (κ1) is 9.20. The molecule has 0 aliphatic heterocycles. The van der Waals surface area contributed by atoms with Gasteiger partial charge in [-0.3, -0.25) is 4.98 Å². The summed E-state index contributed by atoms with van der Waals surface area (Å²) in [5, 5.41) is 0. The summed E-state index contributed by atoms with van der Waals surface area (Å²) in [4.78, 5) is 4.23. The van der Waals surface area contributed by atoms with E-state index in [9.17, 15) is 0 Å². The average molecular weight is 164 g/mol. The van der Waals surface area contributed by atoms with Crippen molar-refractivity contribution in [3.8, 4) is 0 Å². The minimum atomic E-state index is -0.0858. The average Bonchev–Trinajstić information content (AvgIpc) is 2.02. The highest BCUT2D eigenvalue weighted by atomic mass is 14.7. The summed E-state index contributed by atoms with van der Waals surface area (Å²) in [5.74, 6) is 0. The van der Waals surface area contributed by atoms with Crippen LogP contribution in [0.5, 0.6) is 0 Å². The van der Waals surface area contributed by atoms with Crippen LogP contribution in [-0.4, -0.2) is 10.5 Å². The third kappa shape index (κ3) is 3.49. The summed E-state index contributed by atoms with van der Waals surface area (Å²) in [5.41, 5.74) is 6.89. The Labute approximate surface area is 73.8 Å². The molecular formula is C10H16N2. The molecule has 2 heteroatoms. The first-order valence-corrected chi connectivity index (χ1v) is 4.27. The van der Waals surface area contributed by atoms with Crippen LogP contribution in [0.25, 0.3) is 0 Å². The minimum Gasteiger partial charge on any atom is -0.326 e. The molecule has 1 heterocycles. The molecule has 0 bridgehead atoms. The van der Waals surface area contributed by atoms with Crippen LogP contribution < -0.4 is 5.73 Å². The quantitative estimate of drug-likeness (QED) is 0.739. The van der Waals surface area contributed by atoms with Gasteiger partial charge in [0.2, 0.25) is 0 Å². The lowest BCUT2D eigenvalue weighted by atomic mass is 9.99. The van der Waals surface area contributed by atoms with Crippen molar-refractivity contribution in [2.24, 2.45) is 5.73 Å². The topological polar surface area (TPSA) is 38.9 Å². The number of nitrogens with two attached hydrogens (primary N) is 1. The smallest absolute Gasteiger partial charge is 0.0404 e. The Balaban J connectivity index is 2.44. The molecule has 1 aromatic heterocycles. The van der Waals surface area contributed by atoms with Crippen LogP contribution in [-0.2, 0) is 6.42 Å². The van der Waals surface area contributed by atoms with Crippen LogP contribution in [0.1, 0.15) is 26.0 Å². The molecule has 0 fully saturated rings. The number of aryl methyl sites for hydroxylation is 1. The van der Waals surface area contributed by atoms with E-state index in [0.717, 1.165) is 18.5 Å². The van der Waals surface area contributed by atoms with Crippen molar-refractivity contribution in [2.45, 2.75) is 32.2 Å². The van der Waals surface area contributed by atoms with E-state index < -0.39 is 0 Å². The second kappa shape index (κ2) is 3.68. The first-order valence-electron chi connectivity index (χ1n) is 4.27. The fourth-order valence-electron chi connectivity index (χ4n) is 0.996. The lowest BCUT2D eigenvalue weighted by Gasteiger charge is -2.17. The normalized spacial score (nSPS) is 11.6. The molecule has 1 aromatic rings. The van der Waals surface area contributed by atoms with E-state index in [2.05, 4.69) is 4.98 Å². The highest BCUT2D eigenvalue weighted by molar-refractivity contribution is 5.04. The van der Waals surface area contributed by atoms with Crippen molar-refractivity contribution in [2.75, 3.05) is 0 Å². The van der Waals surface area contributed by atoms with E-state index >= 15 is 0 Å². The first-order chi connectivity index (χ1) is 5.58. The Morgan fingerprint density at radius 1 is 1.42 bits per heavy atom. The van der Waals surface area contributed by atoms with Gasteiger partial charge in [-0.1, -0.05) is 6.07 Å². The Hall–Kier alpha value is -0.890. The number of aromatic nitrogens is 1. The van der Waals surface area contributed by atoms with Crippen LogP contribution in [0, 0.1) is 0 Å². The molecular weight excluding hydrogens is 148 g/mol. The van der Waals surface area contributed by atoms with Gasteiger partial charge in [-0.15, -0.1) is 0 Å². The molecule has 2 N–H and O–H groups in total. The number of pyridine rings is 1. The third-order valence-corrected chi connectivity index (χ3v) is 1.75. The molecule has 0 radical (unpaired) electrons. The van der Waals surface area contributed by atoms with Crippen LogP contribution in [0.2, 0.25) is 0 Å². The van der Waals surface area contributed by atoms with Gasteiger partial charge in [0.1, 0.15) is 0 Å². The fourth-order valence-corrected chi connectivity index (χ4v) is 0.996. The van der Waals surface area contributed by atoms with E-state index in [-0.39, 0.29) is 5.54 Å². The van der Waals surface area contributed by atoms with Gasteiger partial charge in [0, 0.05) is 17.4 Å². The van der Waals surface area contributed by atoms with Gasteiger partial charge >= 0.3 is 0 Å². The molecule has 0 atom stereocenters. The van der Waals surface area contributed by atoms with Crippen molar-refractivity contribution < 1.29 is 0 Å². The minimum absolute atomic E-state index is 0.0858. The van der Waals surface area contributed by atoms with Gasteiger partial charge in [0.25, 0.3) is 0 Å². The number of rotatable bonds is 3. The summed E-state index contributed by atoms with van der Waals surface area (Å²) in [6, 6.07) is 5.97. The van der Waals surface area contributed by atoms with Gasteiger partial charge in [0.15, 0.2) is 0 Å². The van der Waals surface area contributed by atoms with Crippen LogP contribution >= 0.6 is 0 Å². The predicted octanol–water partition coefficient (Wildman–Crippen LogP) is 1.75. The largest absolute Gasteiger partial charge is 0.326 e. The molecule has 66 valence electrons. The highest BCUT2D eigenvalue weighted by Crippen LogP contribution is 2.08. The molecule has 0 aliphatic rings. The maximum atomic E-state index is 5.86. The Morgan fingerprint density at radius 2 is 2.17 bits per heavy atom. The van der Waals surface area contributed by atoms with Gasteiger partial charge in [-0.25, -0.2) is 0 Å². The summed E-state index contributed by atoms with van der Waals surface area (Å²) in [6.45, 7) is 4.08. The van der Waals surface area contributed by atoms with E-state index in [4.69, 9.17) is 5.73 Å². The van der Waals surface area contributed by atoms with Gasteiger partial charge in [0.05, 0.1) is 0 Å². The van der Waals surface area contributed by atoms with E-state index in [1.54, 1.807) is 0 Å². The summed E-state index contributed by atoms with van der Waals surface area (Å²) in [7, 11) is 0. The van der Waals surface area contributed by atoms with Crippen molar-refractivity contribution >= 4 is 0 Å². The summed E-state index contributed by atoms with van der Waals surface area (Å²) >= 11 is 0. The standard InChI is InChI=1S/C10H16N2/c1-10(2,11)7-6-9-5-3-4-8-12-9/h3-5,8H,6-7,11H2,1-2H3. The number of hydrogen-bond acceptors (Lipinski definition) is 2. The predicted molar refractivity (Wildman–Crippen MR) is 50.8 cm³/mol. The zero-order valence-corrected chi connectivity index (χ0v) is 7.75. The Morgan fingerprint density at radius 3 is 2.67 bits per heavy atom. The summed E-state index contributed by atoms with van der Waals surface area (Å²) < 4.78 is 0. The summed E-state index contributed by atoms with van der Waals surface area (Å²) in [6.07, 6.45) is 3.76. The molecule has 12 heavy (non-hydrogen) atoms. The molecule has 2 nitrogen and oxygen atoms in total. The lowest BCUT2D eigenvalue weighted by molar-refractivity contribution is 0.474. The molecule has 0 aromatic carbocycles. The van der Waals surface area contributed by atoms with Crippen molar-refractivity contribution in [1.82, 2.24) is 4.98 Å². The molecule has 0 saturated heterocycles. The second-order valence-electron chi connectivity index (χ2n) is 3.81. The molecule has 0 aliphatic carbocycles. The van der Waals surface area contributed by atoms with Crippen molar-refractivity contribution in [3.63, 3.8) is 0 Å². The van der Waals surface area contributed by atoms with Crippen molar-refractivity contribution in [3.05, 3.63) is 30.1 Å². The monoisotopic (exact) mass is 164 g/mol. The second-order valence-corrected chi connectivity index (χ2v) is 3.81. The van der Waals surface area contributed by atoms with Crippen molar-refractivity contribution in [1.29, 1.82) is 0 Å². The fraction of sp³-hybridized carbons (Fsp3) is 0.500. The Kier molecular flexibility index (Phi) is 2.82. The Bertz CT molecular complexity index is 223. The number of nitrogens with zero attached hydrogens (tertiary/aromatic N) is 1. The van der Waals surface area contributed by atoms with E-state index in [1.807, 2.05) is 38.2 Å². The van der Waals surface area contributed by atoms with Crippen LogP contribution in [0.15, 0.2) is 24.4 Å². The third-order valence-electron chi connectivity index (χ3n) is 1.75. The van der Waals surface area contributed by atoms with Crippen LogP contribution in [0.4, 0.5) is 0 Å². The van der Waals surface area contributed by atoms with Gasteiger partial charge in [-0.05, 0) is 38.8 Å².